The van der Waals surface area contributed by atoms with Crippen LogP contribution in [0.15, 0.2) is 42.9 Å². The molecule has 1 heterocycles. The van der Waals surface area contributed by atoms with Crippen molar-refractivity contribution in [2.45, 2.75) is 19.6 Å². The minimum Gasteiger partial charge on any atom is -0.481 e. The second-order valence-electron chi connectivity index (χ2n) is 4.18. The van der Waals surface area contributed by atoms with Crippen molar-refractivity contribution in [2.24, 2.45) is 0 Å². The Kier molecular flexibility index (Phi) is 4.49. The van der Waals surface area contributed by atoms with Crippen LogP contribution in [0, 0.1) is 0 Å². The van der Waals surface area contributed by atoms with Crippen molar-refractivity contribution < 1.29 is 19.4 Å². The molecule has 1 N–H and O–H groups in total. The first-order chi connectivity index (χ1) is 9.66. The Balaban J connectivity index is 1.93. The van der Waals surface area contributed by atoms with Gasteiger partial charge in [0, 0.05) is 11.9 Å². The van der Waals surface area contributed by atoms with E-state index in [1.807, 2.05) is 6.07 Å². The number of ether oxygens (including phenoxy) is 1. The number of imidazole rings is 1. The van der Waals surface area contributed by atoms with Gasteiger partial charge >= 0.3 is 11.9 Å². The van der Waals surface area contributed by atoms with Crippen LogP contribution in [0.5, 0.6) is 0 Å². The van der Waals surface area contributed by atoms with Crippen LogP contribution >= 0.6 is 0 Å². The van der Waals surface area contributed by atoms with Gasteiger partial charge in [-0.15, -0.1) is 0 Å². The topological polar surface area (TPSA) is 81.4 Å². The normalized spacial score (nSPS) is 10.2. The van der Waals surface area contributed by atoms with Crippen LogP contribution in [0.1, 0.15) is 22.5 Å². The number of nitrogens with zero attached hydrogens (tertiary/aromatic N) is 2. The van der Waals surface area contributed by atoms with Crippen LogP contribution in [0.3, 0.4) is 0 Å². The number of rotatable bonds is 6. The van der Waals surface area contributed by atoms with E-state index in [4.69, 9.17) is 9.84 Å². The molecule has 2 aromatic rings. The molecule has 0 fully saturated rings. The highest BCUT2D eigenvalue weighted by atomic mass is 16.5. The van der Waals surface area contributed by atoms with Crippen LogP contribution in [-0.2, 0) is 22.7 Å². The fourth-order valence-corrected chi connectivity index (χ4v) is 1.69. The Bertz CT molecular complexity index is 592. The van der Waals surface area contributed by atoms with Gasteiger partial charge in [-0.25, -0.2) is 9.78 Å². The summed E-state index contributed by atoms with van der Waals surface area (Å²) in [6.45, 7) is 0.0165. The van der Waals surface area contributed by atoms with E-state index < -0.39 is 11.9 Å². The maximum Gasteiger partial charge on any atom is 0.339 e. The smallest absolute Gasteiger partial charge is 0.339 e. The molecule has 0 atom stereocenters. The summed E-state index contributed by atoms with van der Waals surface area (Å²) in [4.78, 5) is 26.2. The van der Waals surface area contributed by atoms with Crippen LogP contribution < -0.4 is 0 Å². The molecule has 20 heavy (non-hydrogen) atoms. The van der Waals surface area contributed by atoms with Crippen molar-refractivity contribution in [3.8, 4) is 0 Å². The summed E-state index contributed by atoms with van der Waals surface area (Å²) in [6.07, 6.45) is 3.44. The average molecular weight is 274 g/mol. The highest BCUT2D eigenvalue weighted by Gasteiger charge is 2.09. The van der Waals surface area contributed by atoms with E-state index in [2.05, 4.69) is 4.98 Å². The molecular formula is C14H14N2O4. The summed E-state index contributed by atoms with van der Waals surface area (Å²) in [5, 5.41) is 8.65. The van der Waals surface area contributed by atoms with Gasteiger partial charge in [0.1, 0.15) is 0 Å². The van der Waals surface area contributed by atoms with Crippen LogP contribution in [0.2, 0.25) is 0 Å². The number of carbonyl (C=O) groups is 2. The summed E-state index contributed by atoms with van der Waals surface area (Å²) in [5.41, 5.74) is 1.19. The number of benzene rings is 1. The molecule has 6 heteroatoms. The molecule has 0 aliphatic carbocycles. The SMILES string of the molecule is O=C(O)CCc1cncn1COC(=O)c1ccccc1. The lowest BCUT2D eigenvalue weighted by Gasteiger charge is -2.08. The molecule has 0 saturated heterocycles. The fraction of sp³-hybridized carbons (Fsp3) is 0.214. The number of aliphatic carboxylic acids is 1. The Morgan fingerprint density at radius 2 is 2.00 bits per heavy atom. The van der Waals surface area contributed by atoms with Crippen molar-refractivity contribution in [3.63, 3.8) is 0 Å². The average Bonchev–Trinajstić information content (AvgIpc) is 2.91. The quantitative estimate of drug-likeness (QED) is 0.811. The van der Waals surface area contributed by atoms with E-state index in [-0.39, 0.29) is 13.2 Å². The van der Waals surface area contributed by atoms with Crippen LogP contribution in [-0.4, -0.2) is 26.6 Å². The molecule has 2 rings (SSSR count). The molecule has 0 bridgehead atoms. The van der Waals surface area contributed by atoms with Gasteiger partial charge in [-0.05, 0) is 18.6 Å². The third kappa shape index (κ3) is 3.68. The van der Waals surface area contributed by atoms with E-state index >= 15 is 0 Å². The Morgan fingerprint density at radius 1 is 1.25 bits per heavy atom. The highest BCUT2D eigenvalue weighted by molar-refractivity contribution is 5.89. The first kappa shape index (κ1) is 13.8. The lowest BCUT2D eigenvalue weighted by Crippen LogP contribution is -2.11. The van der Waals surface area contributed by atoms with Crippen molar-refractivity contribution in [2.75, 3.05) is 0 Å². The molecule has 0 aliphatic rings. The van der Waals surface area contributed by atoms with E-state index in [9.17, 15) is 9.59 Å². The predicted octanol–water partition coefficient (Wildman–Crippen LogP) is 1.71. The molecule has 0 amide bonds. The minimum absolute atomic E-state index is 0.0122. The van der Waals surface area contributed by atoms with Gasteiger partial charge in [-0.3, -0.25) is 4.79 Å². The maximum atomic E-state index is 11.8. The number of carboxylic acids is 1. The van der Waals surface area contributed by atoms with Crippen LogP contribution in [0.25, 0.3) is 0 Å². The molecule has 1 aromatic carbocycles. The predicted molar refractivity (Wildman–Crippen MR) is 70.0 cm³/mol. The lowest BCUT2D eigenvalue weighted by atomic mass is 10.2. The zero-order valence-electron chi connectivity index (χ0n) is 10.7. The van der Waals surface area contributed by atoms with Gasteiger partial charge < -0.3 is 14.4 Å². The first-order valence-electron chi connectivity index (χ1n) is 6.10. The molecule has 6 nitrogen and oxygen atoms in total. The molecule has 1 aromatic heterocycles. The van der Waals surface area contributed by atoms with E-state index in [1.54, 1.807) is 35.0 Å². The Labute approximate surface area is 115 Å². The molecule has 0 saturated carbocycles. The number of aromatic nitrogens is 2. The van der Waals surface area contributed by atoms with Crippen molar-refractivity contribution in [3.05, 3.63) is 54.1 Å². The molecule has 0 aliphatic heterocycles. The second-order valence-corrected chi connectivity index (χ2v) is 4.18. The second kappa shape index (κ2) is 6.51. The standard InChI is InChI=1S/C14H14N2O4/c17-13(18)7-6-12-8-15-9-16(12)10-20-14(19)11-4-2-1-3-5-11/h1-5,8-9H,6-7,10H2,(H,17,18). The number of hydrogen-bond acceptors (Lipinski definition) is 4. The third-order valence-corrected chi connectivity index (χ3v) is 2.74. The Hall–Kier alpha value is -2.63. The summed E-state index contributed by atoms with van der Waals surface area (Å²) < 4.78 is 6.77. The summed E-state index contributed by atoms with van der Waals surface area (Å²) in [5.74, 6) is -1.30. The number of hydrogen-bond donors (Lipinski definition) is 1. The number of carboxylic acid groups (broad SMARTS) is 1. The van der Waals surface area contributed by atoms with Gasteiger partial charge in [0.15, 0.2) is 6.73 Å². The Morgan fingerprint density at radius 3 is 2.70 bits per heavy atom. The monoisotopic (exact) mass is 274 g/mol. The molecular weight excluding hydrogens is 260 g/mol. The highest BCUT2D eigenvalue weighted by Crippen LogP contribution is 2.06. The van der Waals surface area contributed by atoms with Crippen molar-refractivity contribution >= 4 is 11.9 Å². The molecule has 0 unspecified atom stereocenters. The van der Waals surface area contributed by atoms with Gasteiger partial charge in [0.25, 0.3) is 0 Å². The van der Waals surface area contributed by atoms with Gasteiger partial charge in [-0.1, -0.05) is 18.2 Å². The van der Waals surface area contributed by atoms with Gasteiger partial charge in [0.05, 0.1) is 18.3 Å². The van der Waals surface area contributed by atoms with Crippen molar-refractivity contribution in [1.29, 1.82) is 0 Å². The minimum atomic E-state index is -0.876. The summed E-state index contributed by atoms with van der Waals surface area (Å²) in [7, 11) is 0. The lowest BCUT2D eigenvalue weighted by molar-refractivity contribution is -0.137. The van der Waals surface area contributed by atoms with E-state index in [0.717, 1.165) is 0 Å². The maximum absolute atomic E-state index is 11.8. The third-order valence-electron chi connectivity index (χ3n) is 2.74. The zero-order chi connectivity index (χ0) is 14.4. The first-order valence-corrected chi connectivity index (χ1v) is 6.10. The number of carbonyl (C=O) groups excluding carboxylic acids is 1. The molecule has 0 radical (unpaired) electrons. The zero-order valence-corrected chi connectivity index (χ0v) is 10.7. The number of esters is 1. The van der Waals surface area contributed by atoms with Crippen LogP contribution in [0.4, 0.5) is 0 Å². The molecule has 104 valence electrons. The summed E-state index contributed by atoms with van der Waals surface area (Å²) in [6, 6.07) is 8.66. The van der Waals surface area contributed by atoms with Gasteiger partial charge in [-0.2, -0.15) is 0 Å². The fourth-order valence-electron chi connectivity index (χ4n) is 1.69. The molecule has 0 spiro atoms. The van der Waals surface area contributed by atoms with Crippen molar-refractivity contribution in [1.82, 2.24) is 9.55 Å². The summed E-state index contributed by atoms with van der Waals surface area (Å²) >= 11 is 0. The largest absolute Gasteiger partial charge is 0.481 e. The van der Waals surface area contributed by atoms with E-state index in [1.165, 1.54) is 6.33 Å². The van der Waals surface area contributed by atoms with Gasteiger partial charge in [0.2, 0.25) is 0 Å². The van der Waals surface area contributed by atoms with E-state index in [0.29, 0.717) is 17.7 Å². The number of aryl methyl sites for hydroxylation is 1.